The summed E-state index contributed by atoms with van der Waals surface area (Å²) in [5.74, 6) is 1.14. The van der Waals surface area contributed by atoms with E-state index in [1.807, 2.05) is 39.5 Å². The normalized spacial score (nSPS) is 19.7. The molecule has 0 spiro atoms. The fourth-order valence-corrected chi connectivity index (χ4v) is 5.49. The number of anilines is 1. The van der Waals surface area contributed by atoms with Gasteiger partial charge in [0.25, 0.3) is 0 Å². The Bertz CT molecular complexity index is 1110. The van der Waals surface area contributed by atoms with Crippen LogP contribution in [0.1, 0.15) is 57.6 Å². The Labute approximate surface area is 244 Å². The van der Waals surface area contributed by atoms with Crippen molar-refractivity contribution in [2.24, 2.45) is 16.1 Å². The average molecular weight is 615 g/mol. The Balaban J connectivity index is 0.00000186. The van der Waals surface area contributed by atoms with E-state index in [1.165, 1.54) is 12.5 Å². The Morgan fingerprint density at radius 1 is 1.15 bits per heavy atom. The Morgan fingerprint density at radius 3 is 2.49 bits per heavy atom. The fraction of sp³-hybridized carbons (Fsp3) is 0.577. The van der Waals surface area contributed by atoms with Crippen LogP contribution in [0.25, 0.3) is 0 Å². The maximum atomic E-state index is 14.5. The van der Waals surface area contributed by atoms with Gasteiger partial charge in [-0.05, 0) is 64.3 Å². The van der Waals surface area contributed by atoms with Gasteiger partial charge < -0.3 is 14.2 Å². The topological polar surface area (TPSA) is 57.2 Å². The molecule has 2 saturated heterocycles. The fourth-order valence-electron chi connectivity index (χ4n) is 4.82. The maximum Gasteiger partial charge on any atom is 0.416 e. The highest BCUT2D eigenvalue weighted by molar-refractivity contribution is 8.13. The molecule has 0 N–H and O–H groups in total. The predicted octanol–water partition coefficient (Wildman–Crippen LogP) is 7.49. The summed E-state index contributed by atoms with van der Waals surface area (Å²) >= 11 is 1.65. The number of fused-ring (bicyclic) bond motifs is 1. The number of aryl methyl sites for hydroxylation is 1. The Morgan fingerprint density at radius 2 is 1.87 bits per heavy atom. The minimum atomic E-state index is -4.54. The van der Waals surface area contributed by atoms with Crippen LogP contribution in [0, 0.1) is 18.7 Å². The van der Waals surface area contributed by atoms with Crippen molar-refractivity contribution in [2.45, 2.75) is 59.7 Å². The second-order valence-corrected chi connectivity index (χ2v) is 10.3. The second kappa shape index (κ2) is 15.8. The van der Waals surface area contributed by atoms with Gasteiger partial charge in [-0.3, -0.25) is 0 Å². The Kier molecular flexibility index (Phi) is 14.3. The molecule has 3 heterocycles. The van der Waals surface area contributed by atoms with Crippen molar-refractivity contribution in [1.82, 2.24) is 9.88 Å². The second-order valence-electron chi connectivity index (χ2n) is 9.01. The van der Waals surface area contributed by atoms with Gasteiger partial charge in [-0.25, -0.2) is 9.37 Å². The summed E-state index contributed by atoms with van der Waals surface area (Å²) in [6.45, 7) is 12.9. The van der Waals surface area contributed by atoms with E-state index in [2.05, 4.69) is 20.1 Å². The summed E-state index contributed by atoms with van der Waals surface area (Å²) < 4.78 is 58.5. The molecule has 2 aliphatic rings. The van der Waals surface area contributed by atoms with Crippen LogP contribution in [0.2, 0.25) is 0 Å². The lowest BCUT2D eigenvalue weighted by Gasteiger charge is -2.27. The summed E-state index contributed by atoms with van der Waals surface area (Å²) in [5.41, 5.74) is 0.776. The number of nitrogens with zero attached hydrogens (tertiary/aromatic N) is 5. The number of aromatic nitrogens is 1. The van der Waals surface area contributed by atoms with Crippen molar-refractivity contribution in [3.63, 3.8) is 0 Å². The summed E-state index contributed by atoms with van der Waals surface area (Å²) in [6.07, 6.45) is -1.26. The van der Waals surface area contributed by atoms with E-state index in [-0.39, 0.29) is 36.5 Å². The number of oxazole rings is 1. The molecule has 2 aromatic rings. The SMILES string of the molecule is C/C(=N\N=C(/C)c1ocnc1C)SCCCN1C[C@@H]2CCN(c3ccc(C(F)(F)F)cc3F)[C@@H]2C1.CC.Cl.Cl. The van der Waals surface area contributed by atoms with Crippen LogP contribution >= 0.6 is 36.6 Å². The first-order valence-electron chi connectivity index (χ1n) is 12.6. The molecule has 2 atom stereocenters. The summed E-state index contributed by atoms with van der Waals surface area (Å²) in [6, 6.07) is 2.98. The van der Waals surface area contributed by atoms with E-state index in [0.717, 1.165) is 55.0 Å². The monoisotopic (exact) mass is 613 g/mol. The van der Waals surface area contributed by atoms with Gasteiger partial charge in [0.1, 0.15) is 11.5 Å². The van der Waals surface area contributed by atoms with Crippen LogP contribution in [0.5, 0.6) is 0 Å². The summed E-state index contributed by atoms with van der Waals surface area (Å²) in [4.78, 5) is 8.37. The number of thioether (sulfide) groups is 1. The van der Waals surface area contributed by atoms with E-state index in [4.69, 9.17) is 4.42 Å². The van der Waals surface area contributed by atoms with Crippen LogP contribution in [0.15, 0.2) is 39.2 Å². The molecule has 1 aromatic carbocycles. The van der Waals surface area contributed by atoms with Gasteiger partial charge in [-0.2, -0.15) is 18.3 Å². The molecule has 39 heavy (non-hydrogen) atoms. The van der Waals surface area contributed by atoms with Gasteiger partial charge in [0, 0.05) is 31.4 Å². The molecule has 4 rings (SSSR count). The zero-order valence-electron chi connectivity index (χ0n) is 22.8. The van der Waals surface area contributed by atoms with Crippen LogP contribution < -0.4 is 4.90 Å². The first kappa shape index (κ1) is 35.2. The summed E-state index contributed by atoms with van der Waals surface area (Å²) in [5, 5.41) is 9.35. The van der Waals surface area contributed by atoms with Crippen molar-refractivity contribution >= 4 is 53.0 Å². The quantitative estimate of drug-likeness (QED) is 0.106. The average Bonchev–Trinajstić information content (AvgIpc) is 3.57. The molecule has 13 heteroatoms. The molecule has 0 saturated carbocycles. The molecule has 1 aromatic heterocycles. The number of benzene rings is 1. The lowest BCUT2D eigenvalue weighted by Crippen LogP contribution is -2.36. The van der Waals surface area contributed by atoms with Gasteiger partial charge in [-0.15, -0.1) is 41.7 Å². The van der Waals surface area contributed by atoms with E-state index < -0.39 is 17.6 Å². The minimum absolute atomic E-state index is 0. The molecule has 6 nitrogen and oxygen atoms in total. The number of hydrogen-bond donors (Lipinski definition) is 0. The minimum Gasteiger partial charge on any atom is -0.442 e. The molecule has 0 bridgehead atoms. The third-order valence-corrected chi connectivity index (χ3v) is 7.54. The standard InChI is InChI=1S/C24H29F4N5OS.C2H6.2ClH/c1-15-23(34-14-29-15)16(2)30-31-17(3)35-10-4-8-32-12-18-7-9-33(22(18)13-32)21-6-5-19(11-20(21)25)24(26,27)28;1-2;;/h5-6,11,14,18,22H,4,7-10,12-13H2,1-3H3;1-2H3;2*1H/b30-16+,31-17+;;;/t18-,22+;;;/m0.../s1. The largest absolute Gasteiger partial charge is 0.442 e. The van der Waals surface area contributed by atoms with E-state index in [1.54, 1.807) is 11.8 Å². The molecular formula is C26H37Cl2F4N5OS. The van der Waals surface area contributed by atoms with Crippen molar-refractivity contribution in [2.75, 3.05) is 36.8 Å². The first-order valence-corrected chi connectivity index (χ1v) is 13.6. The van der Waals surface area contributed by atoms with Crippen LogP contribution in [-0.2, 0) is 6.18 Å². The van der Waals surface area contributed by atoms with Crippen molar-refractivity contribution in [3.8, 4) is 0 Å². The van der Waals surface area contributed by atoms with Crippen LogP contribution in [0.4, 0.5) is 23.2 Å². The highest BCUT2D eigenvalue weighted by Crippen LogP contribution is 2.38. The molecule has 0 aliphatic carbocycles. The maximum absolute atomic E-state index is 14.5. The lowest BCUT2D eigenvalue weighted by molar-refractivity contribution is -0.137. The molecule has 2 aliphatic heterocycles. The van der Waals surface area contributed by atoms with Gasteiger partial charge in [-0.1, -0.05) is 13.8 Å². The molecule has 0 radical (unpaired) electrons. The number of alkyl halides is 3. The number of halogens is 6. The van der Waals surface area contributed by atoms with Gasteiger partial charge in [0.15, 0.2) is 12.2 Å². The molecule has 0 amide bonds. The Hall–Kier alpha value is -1.82. The first-order chi connectivity index (χ1) is 17.6. The molecule has 2 fully saturated rings. The predicted molar refractivity (Wildman–Crippen MR) is 157 cm³/mol. The smallest absolute Gasteiger partial charge is 0.416 e. The van der Waals surface area contributed by atoms with Crippen molar-refractivity contribution in [3.05, 3.63) is 47.4 Å². The molecular weight excluding hydrogens is 577 g/mol. The van der Waals surface area contributed by atoms with Crippen LogP contribution in [0.3, 0.4) is 0 Å². The van der Waals surface area contributed by atoms with Gasteiger partial charge >= 0.3 is 6.18 Å². The van der Waals surface area contributed by atoms with Gasteiger partial charge in [0.2, 0.25) is 0 Å². The lowest BCUT2D eigenvalue weighted by atomic mass is 10.0. The third kappa shape index (κ3) is 9.09. The van der Waals surface area contributed by atoms with Crippen LogP contribution in [-0.4, -0.2) is 58.6 Å². The zero-order chi connectivity index (χ0) is 27.2. The zero-order valence-corrected chi connectivity index (χ0v) is 25.2. The molecule has 0 unspecified atom stereocenters. The van der Waals surface area contributed by atoms with Gasteiger partial charge in [0.05, 0.1) is 22.0 Å². The van der Waals surface area contributed by atoms with Crippen molar-refractivity contribution < 1.29 is 22.0 Å². The summed E-state index contributed by atoms with van der Waals surface area (Å²) in [7, 11) is 0. The van der Waals surface area contributed by atoms with E-state index in [9.17, 15) is 17.6 Å². The number of rotatable bonds is 7. The highest BCUT2D eigenvalue weighted by atomic mass is 35.5. The third-order valence-electron chi connectivity index (χ3n) is 6.55. The number of hydrogen-bond acceptors (Lipinski definition) is 7. The van der Waals surface area contributed by atoms with E-state index >= 15 is 0 Å². The number of likely N-dealkylation sites (tertiary alicyclic amines) is 1. The van der Waals surface area contributed by atoms with Crippen molar-refractivity contribution in [1.29, 1.82) is 0 Å². The molecule has 220 valence electrons. The van der Waals surface area contributed by atoms with E-state index in [0.29, 0.717) is 30.0 Å². The highest BCUT2D eigenvalue weighted by Gasteiger charge is 2.42.